The molecule has 2 atom stereocenters. The van der Waals surface area contributed by atoms with E-state index >= 15 is 0 Å². The van der Waals surface area contributed by atoms with Crippen LogP contribution in [0.2, 0.25) is 0 Å². The Labute approximate surface area is 280 Å². The Bertz CT molecular complexity index is 1300. The molecule has 46 heavy (non-hydrogen) atoms. The Balaban J connectivity index is 2.37. The number of carbonyl (C=O) groups excluding carboxylic acids is 4. The topological polar surface area (TPSA) is 68.3 Å². The third kappa shape index (κ3) is 13.1. The SMILES string of the molecule is CC(Cc1ccc(C(=O)CC(C)(C)C)c(C(=O)CC(C)(C)C)c1)C(C)Cc1ccc(C(=O)CC(C)(C)C)c(C(=O)CC(C)(C)C)c1. The first-order valence-electron chi connectivity index (χ1n) is 17.1. The first-order chi connectivity index (χ1) is 20.7. The van der Waals surface area contributed by atoms with Gasteiger partial charge in [-0.15, -0.1) is 0 Å². The largest absolute Gasteiger partial charge is 0.294 e. The van der Waals surface area contributed by atoms with Crippen LogP contribution in [0.4, 0.5) is 0 Å². The van der Waals surface area contributed by atoms with Gasteiger partial charge in [-0.1, -0.05) is 121 Å². The van der Waals surface area contributed by atoms with Crippen molar-refractivity contribution in [2.45, 2.75) is 135 Å². The van der Waals surface area contributed by atoms with Crippen molar-refractivity contribution < 1.29 is 19.2 Å². The minimum atomic E-state index is -0.181. The van der Waals surface area contributed by atoms with Gasteiger partial charge < -0.3 is 0 Å². The monoisotopic (exact) mass is 630 g/mol. The third-order valence-corrected chi connectivity index (χ3v) is 8.22. The van der Waals surface area contributed by atoms with Crippen LogP contribution in [-0.2, 0) is 12.8 Å². The third-order valence-electron chi connectivity index (χ3n) is 8.22. The first-order valence-corrected chi connectivity index (χ1v) is 17.1. The molecule has 2 aromatic carbocycles. The Hall–Kier alpha value is -2.88. The van der Waals surface area contributed by atoms with Gasteiger partial charge in [-0.3, -0.25) is 19.2 Å². The molecule has 0 bridgehead atoms. The maximum atomic E-state index is 13.5. The molecule has 0 N–H and O–H groups in total. The standard InChI is InChI=1S/C42H62O4/c1-27(19-29-15-17-31(35(43)23-39(3,4)5)33(21-29)37(45)25-41(9,10)11)28(2)20-30-16-18-32(36(44)24-40(6,7)8)34(22-30)38(46)26-42(12,13)14/h15-18,21-22,27-28H,19-20,23-26H2,1-14H3. The summed E-state index contributed by atoms with van der Waals surface area (Å²) in [6.45, 7) is 29.0. The number of ketones is 4. The second kappa shape index (κ2) is 14.9. The number of hydrogen-bond donors (Lipinski definition) is 0. The van der Waals surface area contributed by atoms with Crippen LogP contribution >= 0.6 is 0 Å². The van der Waals surface area contributed by atoms with E-state index in [1.165, 1.54) is 0 Å². The average molecular weight is 631 g/mol. The van der Waals surface area contributed by atoms with E-state index in [9.17, 15) is 19.2 Å². The predicted octanol–water partition coefficient (Wildman–Crippen LogP) is 11.2. The molecule has 0 aliphatic heterocycles. The second-order valence-corrected chi connectivity index (χ2v) is 18.8. The van der Waals surface area contributed by atoms with E-state index in [0.717, 1.165) is 24.0 Å². The van der Waals surface area contributed by atoms with Crippen LogP contribution in [0.5, 0.6) is 0 Å². The molecule has 0 heterocycles. The molecule has 0 aliphatic carbocycles. The zero-order chi connectivity index (χ0) is 35.4. The molecule has 0 aromatic heterocycles. The van der Waals surface area contributed by atoms with Crippen LogP contribution < -0.4 is 0 Å². The van der Waals surface area contributed by atoms with E-state index in [-0.39, 0.29) is 56.6 Å². The number of rotatable bonds is 13. The van der Waals surface area contributed by atoms with Crippen molar-refractivity contribution >= 4 is 23.1 Å². The zero-order valence-corrected chi connectivity index (χ0v) is 31.5. The average Bonchev–Trinajstić information content (AvgIpc) is 2.84. The molecule has 2 unspecified atom stereocenters. The van der Waals surface area contributed by atoms with Crippen molar-refractivity contribution in [1.29, 1.82) is 0 Å². The summed E-state index contributed by atoms with van der Waals surface area (Å²) in [7, 11) is 0. The summed E-state index contributed by atoms with van der Waals surface area (Å²) >= 11 is 0. The quantitative estimate of drug-likeness (QED) is 0.206. The maximum absolute atomic E-state index is 13.5. The summed E-state index contributed by atoms with van der Waals surface area (Å²) in [4.78, 5) is 53.5. The van der Waals surface area contributed by atoms with Crippen LogP contribution in [0.25, 0.3) is 0 Å². The van der Waals surface area contributed by atoms with E-state index in [1.54, 1.807) is 0 Å². The Morgan fingerprint density at radius 3 is 0.913 bits per heavy atom. The number of hydrogen-bond acceptors (Lipinski definition) is 4. The summed E-state index contributed by atoms with van der Waals surface area (Å²) < 4.78 is 0. The van der Waals surface area contributed by atoms with Gasteiger partial charge >= 0.3 is 0 Å². The zero-order valence-electron chi connectivity index (χ0n) is 31.5. The van der Waals surface area contributed by atoms with E-state index in [0.29, 0.717) is 47.9 Å². The predicted molar refractivity (Wildman–Crippen MR) is 192 cm³/mol. The smallest absolute Gasteiger partial charge is 0.164 e. The molecule has 4 heteroatoms. The summed E-state index contributed by atoms with van der Waals surface area (Å²) in [6, 6.07) is 11.6. The Morgan fingerprint density at radius 2 is 0.674 bits per heavy atom. The van der Waals surface area contributed by atoms with Crippen LogP contribution in [0.3, 0.4) is 0 Å². The number of carbonyl (C=O) groups is 4. The summed E-state index contributed by atoms with van der Waals surface area (Å²) in [5.74, 6) is 0.606. The highest BCUT2D eigenvalue weighted by molar-refractivity contribution is 6.10. The highest BCUT2D eigenvalue weighted by Crippen LogP contribution is 2.31. The van der Waals surface area contributed by atoms with Gasteiger partial charge in [0.15, 0.2) is 23.1 Å². The van der Waals surface area contributed by atoms with E-state index in [4.69, 9.17) is 0 Å². The van der Waals surface area contributed by atoms with Crippen molar-refractivity contribution in [3.8, 4) is 0 Å². The van der Waals surface area contributed by atoms with Crippen molar-refractivity contribution in [3.05, 3.63) is 69.8 Å². The van der Waals surface area contributed by atoms with Gasteiger partial charge in [0.25, 0.3) is 0 Å². The lowest BCUT2D eigenvalue weighted by molar-refractivity contribution is 0.0904. The van der Waals surface area contributed by atoms with Gasteiger partial charge in [0, 0.05) is 47.9 Å². The first kappa shape index (κ1) is 39.3. The highest BCUT2D eigenvalue weighted by atomic mass is 16.1. The lowest BCUT2D eigenvalue weighted by atomic mass is 9.80. The fourth-order valence-electron chi connectivity index (χ4n) is 5.84. The molecule has 0 radical (unpaired) electrons. The molecule has 2 rings (SSSR count). The summed E-state index contributed by atoms with van der Waals surface area (Å²) in [5.41, 5.74) is 3.54. The molecule has 0 saturated heterocycles. The number of benzene rings is 2. The minimum absolute atomic E-state index is 0.0129. The molecule has 2 aromatic rings. The lowest BCUT2D eigenvalue weighted by Gasteiger charge is -2.23. The molecular formula is C42H62O4. The minimum Gasteiger partial charge on any atom is -0.294 e. The molecule has 0 fully saturated rings. The van der Waals surface area contributed by atoms with E-state index in [1.807, 2.05) is 119 Å². The van der Waals surface area contributed by atoms with E-state index < -0.39 is 0 Å². The van der Waals surface area contributed by atoms with Crippen molar-refractivity contribution in [1.82, 2.24) is 0 Å². The normalized spacial score (nSPS) is 14.1. The molecule has 254 valence electrons. The molecule has 4 nitrogen and oxygen atoms in total. The van der Waals surface area contributed by atoms with Crippen LogP contribution in [0, 0.1) is 33.5 Å². The van der Waals surface area contributed by atoms with Gasteiger partial charge in [0.2, 0.25) is 0 Å². The molecule has 0 aliphatic rings. The molecule has 0 spiro atoms. The van der Waals surface area contributed by atoms with Crippen LogP contribution in [0.1, 0.15) is 175 Å². The van der Waals surface area contributed by atoms with Gasteiger partial charge in [0.1, 0.15) is 0 Å². The maximum Gasteiger partial charge on any atom is 0.164 e. The summed E-state index contributed by atoms with van der Waals surface area (Å²) in [5, 5.41) is 0. The second-order valence-electron chi connectivity index (χ2n) is 18.8. The fourth-order valence-corrected chi connectivity index (χ4v) is 5.84. The van der Waals surface area contributed by atoms with Gasteiger partial charge in [-0.25, -0.2) is 0 Å². The van der Waals surface area contributed by atoms with Crippen LogP contribution in [-0.4, -0.2) is 23.1 Å². The van der Waals surface area contributed by atoms with E-state index in [2.05, 4.69) is 13.8 Å². The molecular weight excluding hydrogens is 568 g/mol. The molecule has 0 amide bonds. The fraction of sp³-hybridized carbons (Fsp3) is 0.619. The van der Waals surface area contributed by atoms with Crippen LogP contribution in [0.15, 0.2) is 36.4 Å². The van der Waals surface area contributed by atoms with Gasteiger partial charge in [-0.05, 0) is 69.6 Å². The van der Waals surface area contributed by atoms with Crippen molar-refractivity contribution in [3.63, 3.8) is 0 Å². The number of Topliss-reactive ketones (excluding diaryl/α,β-unsaturated/α-hetero) is 4. The Morgan fingerprint density at radius 1 is 0.435 bits per heavy atom. The van der Waals surface area contributed by atoms with Crippen molar-refractivity contribution in [2.75, 3.05) is 0 Å². The van der Waals surface area contributed by atoms with Gasteiger partial charge in [-0.2, -0.15) is 0 Å². The highest BCUT2D eigenvalue weighted by Gasteiger charge is 2.27. The lowest BCUT2D eigenvalue weighted by Crippen LogP contribution is -2.20. The van der Waals surface area contributed by atoms with Crippen molar-refractivity contribution in [2.24, 2.45) is 33.5 Å². The van der Waals surface area contributed by atoms with Gasteiger partial charge in [0.05, 0.1) is 0 Å². The molecule has 0 saturated carbocycles. The Kier molecular flexibility index (Phi) is 12.7. The summed E-state index contributed by atoms with van der Waals surface area (Å²) in [6.07, 6.45) is 3.06.